The number of nitrogen functional groups attached to an aromatic ring is 1. The predicted octanol–water partition coefficient (Wildman–Crippen LogP) is 1.79. The number of nitrogens with one attached hydrogen (secondary N) is 1. The molecule has 0 bridgehead atoms. The second kappa shape index (κ2) is 5.91. The lowest BCUT2D eigenvalue weighted by Crippen LogP contribution is -2.44. The summed E-state index contributed by atoms with van der Waals surface area (Å²) in [4.78, 5) is 18.4. The van der Waals surface area contributed by atoms with E-state index in [9.17, 15) is 4.79 Å². The van der Waals surface area contributed by atoms with Crippen LogP contribution in [-0.4, -0.2) is 34.9 Å². The Balaban J connectivity index is 2.01. The quantitative estimate of drug-likeness (QED) is 0.871. The molecule has 0 radical (unpaired) electrons. The second-order valence-corrected chi connectivity index (χ2v) is 5.14. The molecule has 2 heterocycles. The van der Waals surface area contributed by atoms with E-state index >= 15 is 0 Å². The van der Waals surface area contributed by atoms with Gasteiger partial charge in [0.2, 0.25) is 5.91 Å². The minimum Gasteiger partial charge on any atom is -0.396 e. The lowest BCUT2D eigenvalue weighted by molar-refractivity contribution is -0.132. The fourth-order valence-corrected chi connectivity index (χ4v) is 2.34. The van der Waals surface area contributed by atoms with E-state index < -0.39 is 0 Å². The summed E-state index contributed by atoms with van der Waals surface area (Å²) >= 11 is 0. The van der Waals surface area contributed by atoms with Crippen molar-refractivity contribution in [3.63, 3.8) is 0 Å². The van der Waals surface area contributed by atoms with Crippen LogP contribution < -0.4 is 11.1 Å². The average Bonchev–Trinajstić information content (AvgIpc) is 2.44. The van der Waals surface area contributed by atoms with Crippen molar-refractivity contribution in [3.05, 3.63) is 17.8 Å². The highest BCUT2D eigenvalue weighted by molar-refractivity contribution is 5.85. The van der Waals surface area contributed by atoms with Crippen LogP contribution in [0.15, 0.2) is 12.3 Å². The number of carbonyl (C=O) groups excluding carboxylic acids is 1. The van der Waals surface area contributed by atoms with E-state index in [2.05, 4.69) is 10.3 Å². The highest BCUT2D eigenvalue weighted by atomic mass is 16.2. The number of aryl methyl sites for hydroxylation is 1. The van der Waals surface area contributed by atoms with E-state index in [1.54, 1.807) is 6.20 Å². The Morgan fingerprint density at radius 2 is 2.11 bits per heavy atom. The molecule has 2 rings (SSSR count). The molecule has 1 unspecified atom stereocenters. The van der Waals surface area contributed by atoms with E-state index in [1.165, 1.54) is 6.42 Å². The molecule has 104 valence electrons. The monoisotopic (exact) mass is 262 g/mol. The maximum absolute atomic E-state index is 12.3. The molecule has 19 heavy (non-hydrogen) atoms. The summed E-state index contributed by atoms with van der Waals surface area (Å²) in [5, 5.41) is 3.12. The minimum atomic E-state index is -0.297. The van der Waals surface area contributed by atoms with Gasteiger partial charge in [0, 0.05) is 19.3 Å². The first-order valence-electron chi connectivity index (χ1n) is 6.86. The fourth-order valence-electron chi connectivity index (χ4n) is 2.34. The zero-order valence-corrected chi connectivity index (χ0v) is 11.6. The number of pyridine rings is 1. The predicted molar refractivity (Wildman–Crippen MR) is 76.9 cm³/mol. The molecule has 0 aliphatic carbocycles. The van der Waals surface area contributed by atoms with Gasteiger partial charge in [0.15, 0.2) is 0 Å². The van der Waals surface area contributed by atoms with Crippen molar-refractivity contribution in [2.24, 2.45) is 0 Å². The van der Waals surface area contributed by atoms with Crippen molar-refractivity contribution in [3.8, 4) is 0 Å². The lowest BCUT2D eigenvalue weighted by Gasteiger charge is -2.29. The molecule has 5 heteroatoms. The summed E-state index contributed by atoms with van der Waals surface area (Å²) in [5.74, 6) is 0.722. The van der Waals surface area contributed by atoms with Crippen molar-refractivity contribution in [2.45, 2.75) is 39.2 Å². The number of amides is 1. The molecule has 0 spiro atoms. The largest absolute Gasteiger partial charge is 0.396 e. The standard InChI is InChI=1S/C14H22N4O/c1-10-6-7-16-13(12(10)15)17-11(2)14(19)18-8-4-3-5-9-18/h6-7,11H,3-5,8-9,15H2,1-2H3,(H,16,17). The molecule has 1 aliphatic heterocycles. The normalized spacial score (nSPS) is 17.1. The van der Waals surface area contributed by atoms with Crippen LogP contribution in [0.3, 0.4) is 0 Å². The number of aromatic nitrogens is 1. The Kier molecular flexibility index (Phi) is 4.24. The molecular weight excluding hydrogens is 240 g/mol. The van der Waals surface area contributed by atoms with Crippen LogP contribution in [0.2, 0.25) is 0 Å². The Bertz CT molecular complexity index is 455. The molecule has 3 N–H and O–H groups in total. The average molecular weight is 262 g/mol. The molecule has 1 saturated heterocycles. The second-order valence-electron chi connectivity index (χ2n) is 5.14. The van der Waals surface area contributed by atoms with Crippen molar-refractivity contribution in [1.29, 1.82) is 0 Å². The third-order valence-electron chi connectivity index (χ3n) is 3.60. The summed E-state index contributed by atoms with van der Waals surface area (Å²) in [5.41, 5.74) is 7.54. The van der Waals surface area contributed by atoms with E-state index in [1.807, 2.05) is 24.8 Å². The SMILES string of the molecule is Cc1ccnc(NC(C)C(=O)N2CCCCC2)c1N. The van der Waals surface area contributed by atoms with Crippen molar-refractivity contribution in [2.75, 3.05) is 24.1 Å². The van der Waals surface area contributed by atoms with Gasteiger partial charge in [-0.05, 0) is 44.7 Å². The van der Waals surface area contributed by atoms with Gasteiger partial charge in [-0.25, -0.2) is 4.98 Å². The zero-order valence-electron chi connectivity index (χ0n) is 11.6. The smallest absolute Gasteiger partial charge is 0.244 e. The van der Waals surface area contributed by atoms with E-state index in [4.69, 9.17) is 5.73 Å². The van der Waals surface area contributed by atoms with Gasteiger partial charge >= 0.3 is 0 Å². The summed E-state index contributed by atoms with van der Waals surface area (Å²) in [6, 6.07) is 1.56. The van der Waals surface area contributed by atoms with Gasteiger partial charge in [0.1, 0.15) is 11.9 Å². The number of hydrogen-bond acceptors (Lipinski definition) is 4. The maximum Gasteiger partial charge on any atom is 0.244 e. The fraction of sp³-hybridized carbons (Fsp3) is 0.571. The van der Waals surface area contributed by atoms with Gasteiger partial charge in [-0.3, -0.25) is 4.79 Å². The number of nitrogens with zero attached hydrogens (tertiary/aromatic N) is 2. The molecule has 1 aromatic rings. The molecule has 0 saturated carbocycles. The summed E-state index contributed by atoms with van der Waals surface area (Å²) in [6.45, 7) is 5.52. The highest BCUT2D eigenvalue weighted by Crippen LogP contribution is 2.20. The summed E-state index contributed by atoms with van der Waals surface area (Å²) in [6.07, 6.45) is 5.12. The first-order chi connectivity index (χ1) is 9.09. The topological polar surface area (TPSA) is 71.2 Å². The molecule has 1 amide bonds. The molecule has 5 nitrogen and oxygen atoms in total. The summed E-state index contributed by atoms with van der Waals surface area (Å²) in [7, 11) is 0. The van der Waals surface area contributed by atoms with Crippen molar-refractivity contribution >= 4 is 17.4 Å². The molecular formula is C14H22N4O. The van der Waals surface area contributed by atoms with E-state index in [-0.39, 0.29) is 11.9 Å². The van der Waals surface area contributed by atoms with Crippen molar-refractivity contribution < 1.29 is 4.79 Å². The Morgan fingerprint density at radius 3 is 2.79 bits per heavy atom. The van der Waals surface area contributed by atoms with Crippen LogP contribution in [0.5, 0.6) is 0 Å². The van der Waals surface area contributed by atoms with Crippen LogP contribution in [0.4, 0.5) is 11.5 Å². The first-order valence-corrected chi connectivity index (χ1v) is 6.86. The van der Waals surface area contributed by atoms with Crippen LogP contribution in [0, 0.1) is 6.92 Å². The van der Waals surface area contributed by atoms with Crippen LogP contribution in [-0.2, 0) is 4.79 Å². The van der Waals surface area contributed by atoms with Crippen LogP contribution >= 0.6 is 0 Å². The molecule has 1 aromatic heterocycles. The number of carbonyl (C=O) groups is 1. The van der Waals surface area contributed by atoms with Crippen LogP contribution in [0.1, 0.15) is 31.7 Å². The third kappa shape index (κ3) is 3.16. The zero-order chi connectivity index (χ0) is 13.8. The third-order valence-corrected chi connectivity index (χ3v) is 3.60. The Morgan fingerprint density at radius 1 is 1.42 bits per heavy atom. The molecule has 1 atom stereocenters. The number of likely N-dealkylation sites (tertiary alicyclic amines) is 1. The Labute approximate surface area is 114 Å². The number of rotatable bonds is 3. The number of piperidine rings is 1. The Hall–Kier alpha value is -1.78. The number of nitrogens with two attached hydrogens (primary N) is 1. The maximum atomic E-state index is 12.3. The van der Waals surface area contributed by atoms with Gasteiger partial charge in [-0.1, -0.05) is 0 Å². The number of hydrogen-bond donors (Lipinski definition) is 2. The van der Waals surface area contributed by atoms with E-state index in [0.717, 1.165) is 31.5 Å². The van der Waals surface area contributed by atoms with Crippen LogP contribution in [0.25, 0.3) is 0 Å². The number of anilines is 2. The van der Waals surface area contributed by atoms with Gasteiger partial charge in [0.05, 0.1) is 5.69 Å². The van der Waals surface area contributed by atoms with Gasteiger partial charge < -0.3 is 16.0 Å². The van der Waals surface area contributed by atoms with Gasteiger partial charge in [-0.2, -0.15) is 0 Å². The summed E-state index contributed by atoms with van der Waals surface area (Å²) < 4.78 is 0. The lowest BCUT2D eigenvalue weighted by atomic mass is 10.1. The van der Waals surface area contributed by atoms with Gasteiger partial charge in [-0.15, -0.1) is 0 Å². The molecule has 1 aliphatic rings. The highest BCUT2D eigenvalue weighted by Gasteiger charge is 2.22. The van der Waals surface area contributed by atoms with E-state index in [0.29, 0.717) is 11.5 Å². The molecule has 0 aromatic carbocycles. The first kappa shape index (κ1) is 13.6. The van der Waals surface area contributed by atoms with Gasteiger partial charge in [0.25, 0.3) is 0 Å². The van der Waals surface area contributed by atoms with Crippen molar-refractivity contribution in [1.82, 2.24) is 9.88 Å². The minimum absolute atomic E-state index is 0.127. The molecule has 1 fully saturated rings.